The van der Waals surface area contributed by atoms with Crippen LogP contribution in [0.15, 0.2) is 42.7 Å². The summed E-state index contributed by atoms with van der Waals surface area (Å²) in [5.41, 5.74) is 7.07. The van der Waals surface area contributed by atoms with Gasteiger partial charge in [-0.05, 0) is 11.6 Å². The van der Waals surface area contributed by atoms with Gasteiger partial charge >= 0.3 is 0 Å². The summed E-state index contributed by atoms with van der Waals surface area (Å²) in [6.45, 7) is 0.262. The van der Waals surface area contributed by atoms with Gasteiger partial charge in [0.1, 0.15) is 0 Å². The fourth-order valence-electron chi connectivity index (χ4n) is 1.63. The minimum atomic E-state index is -0.472. The Labute approximate surface area is 114 Å². The third-order valence-electron chi connectivity index (χ3n) is 2.70. The van der Waals surface area contributed by atoms with Crippen LogP contribution in [0.2, 0.25) is 0 Å². The van der Waals surface area contributed by atoms with E-state index in [1.165, 1.54) is 30.6 Å². The number of rotatable bonds is 4. The number of nitrogens with one attached hydrogen (secondary N) is 1. The van der Waals surface area contributed by atoms with E-state index < -0.39 is 4.92 Å². The highest BCUT2D eigenvalue weighted by Gasteiger charge is 2.09. The molecule has 1 aromatic heterocycles. The van der Waals surface area contributed by atoms with Gasteiger partial charge in [0.15, 0.2) is 0 Å². The first-order chi connectivity index (χ1) is 9.58. The topological polar surface area (TPSA) is 111 Å². The molecule has 0 saturated heterocycles. The number of carbonyl (C=O) groups excluding carboxylic acids is 1. The van der Waals surface area contributed by atoms with Crippen molar-refractivity contribution < 1.29 is 9.72 Å². The average molecular weight is 272 g/mol. The number of pyridine rings is 1. The maximum atomic E-state index is 11.9. The van der Waals surface area contributed by atoms with Crippen LogP contribution < -0.4 is 11.1 Å². The fraction of sp³-hybridized carbons (Fsp3) is 0.0769. The van der Waals surface area contributed by atoms with E-state index in [9.17, 15) is 14.9 Å². The fourth-order valence-corrected chi connectivity index (χ4v) is 1.63. The molecule has 20 heavy (non-hydrogen) atoms. The van der Waals surface area contributed by atoms with Crippen molar-refractivity contribution in [3.8, 4) is 0 Å². The first-order valence-electron chi connectivity index (χ1n) is 5.79. The van der Waals surface area contributed by atoms with Crippen LogP contribution in [0, 0.1) is 10.1 Å². The second-order valence-electron chi connectivity index (χ2n) is 4.07. The molecular formula is C13H12N4O3. The average Bonchev–Trinajstić information content (AvgIpc) is 2.45. The van der Waals surface area contributed by atoms with Gasteiger partial charge in [-0.1, -0.05) is 12.1 Å². The molecule has 0 aliphatic heterocycles. The quantitative estimate of drug-likeness (QED) is 0.647. The minimum absolute atomic E-state index is 0.0125. The molecule has 7 nitrogen and oxygen atoms in total. The molecule has 2 rings (SSSR count). The first-order valence-corrected chi connectivity index (χ1v) is 5.79. The molecule has 7 heteroatoms. The molecule has 3 N–H and O–H groups in total. The normalized spacial score (nSPS) is 10.0. The van der Waals surface area contributed by atoms with Crippen LogP contribution in [-0.2, 0) is 6.54 Å². The van der Waals surface area contributed by atoms with Crippen LogP contribution in [-0.4, -0.2) is 15.8 Å². The van der Waals surface area contributed by atoms with Gasteiger partial charge in [-0.3, -0.25) is 19.9 Å². The van der Waals surface area contributed by atoms with Crippen LogP contribution >= 0.6 is 0 Å². The molecule has 0 atom stereocenters. The largest absolute Gasteiger partial charge is 0.397 e. The number of carbonyl (C=O) groups is 1. The summed E-state index contributed by atoms with van der Waals surface area (Å²) in [6.07, 6.45) is 2.89. The van der Waals surface area contributed by atoms with Gasteiger partial charge in [0.25, 0.3) is 11.6 Å². The number of hydrogen-bond donors (Lipinski definition) is 2. The number of benzene rings is 1. The monoisotopic (exact) mass is 272 g/mol. The van der Waals surface area contributed by atoms with Crippen molar-refractivity contribution in [2.24, 2.45) is 0 Å². The Morgan fingerprint density at radius 3 is 2.60 bits per heavy atom. The highest BCUT2D eigenvalue weighted by atomic mass is 16.6. The number of nitro groups is 1. The number of nitro benzene ring substituents is 1. The van der Waals surface area contributed by atoms with E-state index in [2.05, 4.69) is 10.3 Å². The smallest absolute Gasteiger partial charge is 0.269 e. The zero-order valence-corrected chi connectivity index (χ0v) is 10.4. The number of nitrogens with two attached hydrogens (primary N) is 1. The third kappa shape index (κ3) is 3.08. The van der Waals surface area contributed by atoms with Crippen molar-refractivity contribution in [1.29, 1.82) is 0 Å². The maximum Gasteiger partial charge on any atom is 0.269 e. The van der Waals surface area contributed by atoms with E-state index in [0.717, 1.165) is 5.56 Å². The maximum absolute atomic E-state index is 11.9. The zero-order chi connectivity index (χ0) is 14.5. The van der Waals surface area contributed by atoms with Crippen LogP contribution in [0.1, 0.15) is 15.9 Å². The van der Waals surface area contributed by atoms with Crippen molar-refractivity contribution in [3.05, 3.63) is 64.0 Å². The summed E-state index contributed by atoms with van der Waals surface area (Å²) < 4.78 is 0. The lowest BCUT2D eigenvalue weighted by atomic mass is 10.2. The van der Waals surface area contributed by atoms with Crippen molar-refractivity contribution in [1.82, 2.24) is 10.3 Å². The second kappa shape index (κ2) is 5.79. The van der Waals surface area contributed by atoms with Gasteiger partial charge in [0, 0.05) is 24.9 Å². The summed E-state index contributed by atoms with van der Waals surface area (Å²) in [5.74, 6) is -0.316. The lowest BCUT2D eigenvalue weighted by Gasteiger charge is -2.07. The van der Waals surface area contributed by atoms with E-state index in [1.54, 1.807) is 12.1 Å². The van der Waals surface area contributed by atoms with Crippen LogP contribution in [0.4, 0.5) is 11.4 Å². The van der Waals surface area contributed by atoms with Gasteiger partial charge in [-0.25, -0.2) is 0 Å². The molecule has 0 unspecified atom stereocenters. The van der Waals surface area contributed by atoms with Crippen LogP contribution in [0.3, 0.4) is 0 Å². The molecule has 102 valence electrons. The van der Waals surface area contributed by atoms with Crippen molar-refractivity contribution in [2.45, 2.75) is 6.54 Å². The second-order valence-corrected chi connectivity index (χ2v) is 4.07. The number of hydrogen-bond acceptors (Lipinski definition) is 5. The van der Waals surface area contributed by atoms with E-state index in [1.807, 2.05) is 0 Å². The van der Waals surface area contributed by atoms with Crippen molar-refractivity contribution >= 4 is 17.3 Å². The molecule has 0 spiro atoms. The lowest BCUT2D eigenvalue weighted by molar-refractivity contribution is -0.384. The van der Waals surface area contributed by atoms with Gasteiger partial charge in [-0.15, -0.1) is 0 Å². The Bertz CT molecular complexity index is 640. The lowest BCUT2D eigenvalue weighted by Crippen LogP contribution is -2.23. The van der Waals surface area contributed by atoms with Gasteiger partial charge in [0.05, 0.1) is 22.4 Å². The molecule has 0 radical (unpaired) electrons. The molecule has 0 aliphatic rings. The number of amides is 1. The number of anilines is 1. The van der Waals surface area contributed by atoms with E-state index >= 15 is 0 Å². The number of nitrogens with zero attached hydrogens (tertiary/aromatic N) is 2. The summed E-state index contributed by atoms with van der Waals surface area (Å²) in [6, 6.07) is 7.49. The highest BCUT2D eigenvalue weighted by Crippen LogP contribution is 2.12. The Morgan fingerprint density at radius 1 is 1.30 bits per heavy atom. The molecule has 1 amide bonds. The number of aromatic nitrogens is 1. The highest BCUT2D eigenvalue weighted by molar-refractivity contribution is 5.98. The SMILES string of the molecule is Nc1cnccc1C(=O)NCc1ccc([N+](=O)[O-])cc1. The van der Waals surface area contributed by atoms with Crippen molar-refractivity contribution in [2.75, 3.05) is 5.73 Å². The molecule has 1 heterocycles. The summed E-state index contributed by atoms with van der Waals surface area (Å²) in [4.78, 5) is 25.7. The van der Waals surface area contributed by atoms with Crippen LogP contribution in [0.25, 0.3) is 0 Å². The summed E-state index contributed by atoms with van der Waals surface area (Å²) >= 11 is 0. The molecule has 0 bridgehead atoms. The zero-order valence-electron chi connectivity index (χ0n) is 10.4. The molecule has 0 fully saturated rings. The Balaban J connectivity index is 2.00. The van der Waals surface area contributed by atoms with E-state index in [0.29, 0.717) is 11.3 Å². The van der Waals surface area contributed by atoms with Gasteiger partial charge < -0.3 is 11.1 Å². The summed E-state index contributed by atoms with van der Waals surface area (Å²) in [5, 5.41) is 13.2. The number of nitrogen functional groups attached to an aromatic ring is 1. The summed E-state index contributed by atoms with van der Waals surface area (Å²) in [7, 11) is 0. The van der Waals surface area contributed by atoms with Gasteiger partial charge in [0.2, 0.25) is 0 Å². The van der Waals surface area contributed by atoms with Gasteiger partial charge in [-0.2, -0.15) is 0 Å². The van der Waals surface area contributed by atoms with E-state index in [-0.39, 0.29) is 18.1 Å². The predicted molar refractivity (Wildman–Crippen MR) is 72.9 cm³/mol. The molecule has 1 aromatic carbocycles. The molecule has 0 aliphatic carbocycles. The first kappa shape index (κ1) is 13.5. The Hall–Kier alpha value is -2.96. The minimum Gasteiger partial charge on any atom is -0.397 e. The predicted octanol–water partition coefficient (Wildman–Crippen LogP) is 1.50. The standard InChI is InChI=1S/C13H12N4O3/c14-12-8-15-6-5-11(12)13(18)16-7-9-1-3-10(4-2-9)17(19)20/h1-6,8H,7,14H2,(H,16,18). The third-order valence-corrected chi connectivity index (χ3v) is 2.70. The Morgan fingerprint density at radius 2 is 2.00 bits per heavy atom. The Kier molecular flexibility index (Phi) is 3.90. The molecule has 2 aromatic rings. The molecule has 0 saturated carbocycles. The van der Waals surface area contributed by atoms with Crippen molar-refractivity contribution in [3.63, 3.8) is 0 Å². The molecular weight excluding hydrogens is 260 g/mol. The van der Waals surface area contributed by atoms with Crippen LogP contribution in [0.5, 0.6) is 0 Å². The van der Waals surface area contributed by atoms with E-state index in [4.69, 9.17) is 5.73 Å². The number of non-ortho nitro benzene ring substituents is 1.